The number of piperidine rings is 1. The fourth-order valence-electron chi connectivity index (χ4n) is 3.24. The van der Waals surface area contributed by atoms with Crippen LogP contribution in [0.15, 0.2) is 24.3 Å². The lowest BCUT2D eigenvalue weighted by Gasteiger charge is -2.37. The topological polar surface area (TPSA) is 104 Å². The first-order valence-electron chi connectivity index (χ1n) is 9.78. The van der Waals surface area contributed by atoms with E-state index in [1.807, 2.05) is 0 Å². The van der Waals surface area contributed by atoms with Crippen LogP contribution in [0.25, 0.3) is 0 Å². The maximum Gasteiger partial charge on any atom is 0.487 e. The molecule has 0 radical (unpaired) electrons. The van der Waals surface area contributed by atoms with Gasteiger partial charge < -0.3 is 9.84 Å². The molecule has 32 heavy (non-hydrogen) atoms. The Morgan fingerprint density at radius 2 is 1.91 bits per heavy atom. The molecule has 1 aliphatic rings. The molecule has 1 aliphatic heterocycles. The van der Waals surface area contributed by atoms with Crippen molar-refractivity contribution in [3.63, 3.8) is 0 Å². The standard InChI is InChI=1S/C20H22ClF3N2O6/c21-14-5-3-4-13(10-14)12-32-19(31)25-9-2-1-6-16(25)18(30)26(20(22,23)24)11-15(27)7-8-17(28)29/h3-5,10,16H,1-2,6-9,11-12H2,(H,28,29). The van der Waals surface area contributed by atoms with Crippen molar-refractivity contribution in [1.82, 2.24) is 9.80 Å². The molecule has 12 heteroatoms. The number of carboxylic acids is 1. The number of hydrogen-bond donors (Lipinski definition) is 1. The minimum Gasteiger partial charge on any atom is -0.481 e. The molecule has 176 valence electrons. The summed E-state index contributed by atoms with van der Waals surface area (Å²) in [7, 11) is 0. The van der Waals surface area contributed by atoms with Crippen LogP contribution < -0.4 is 0 Å². The normalized spacial score (nSPS) is 16.4. The zero-order chi connectivity index (χ0) is 23.9. The number of Topliss-reactive ketones (excluding diaryl/α,β-unsaturated/α-hetero) is 1. The van der Waals surface area contributed by atoms with Crippen molar-refractivity contribution in [3.8, 4) is 0 Å². The number of likely N-dealkylation sites (tertiary alicyclic amines) is 1. The summed E-state index contributed by atoms with van der Waals surface area (Å²) in [5, 5.41) is 9.01. The number of nitrogens with zero attached hydrogens (tertiary/aromatic N) is 2. The van der Waals surface area contributed by atoms with E-state index in [0.717, 1.165) is 4.90 Å². The number of ketones is 1. The van der Waals surface area contributed by atoms with E-state index < -0.39 is 60.4 Å². The van der Waals surface area contributed by atoms with Crippen molar-refractivity contribution in [2.45, 2.75) is 51.1 Å². The van der Waals surface area contributed by atoms with Gasteiger partial charge in [0.1, 0.15) is 12.6 Å². The first-order valence-corrected chi connectivity index (χ1v) is 10.2. The lowest BCUT2D eigenvalue weighted by atomic mass is 10.0. The zero-order valence-corrected chi connectivity index (χ0v) is 17.7. The minimum absolute atomic E-state index is 0.0173. The zero-order valence-electron chi connectivity index (χ0n) is 16.9. The van der Waals surface area contributed by atoms with E-state index in [4.69, 9.17) is 21.4 Å². The van der Waals surface area contributed by atoms with Crippen LogP contribution in [0.2, 0.25) is 5.02 Å². The fraction of sp³-hybridized carbons (Fsp3) is 0.500. The summed E-state index contributed by atoms with van der Waals surface area (Å²) in [6.07, 6.45) is -6.57. The summed E-state index contributed by atoms with van der Waals surface area (Å²) in [5.41, 5.74) is 0.562. The van der Waals surface area contributed by atoms with E-state index in [1.54, 1.807) is 24.3 Å². The molecule has 1 saturated heterocycles. The first kappa shape index (κ1) is 25.4. The Morgan fingerprint density at radius 3 is 2.53 bits per heavy atom. The number of ether oxygens (including phenoxy) is 1. The number of hydrogen-bond acceptors (Lipinski definition) is 5. The number of benzene rings is 1. The molecule has 1 aromatic rings. The van der Waals surface area contributed by atoms with Crippen LogP contribution in [-0.2, 0) is 25.7 Å². The number of carbonyl (C=O) groups excluding carboxylic acids is 3. The predicted octanol–water partition coefficient (Wildman–Crippen LogP) is 3.61. The number of amides is 2. The van der Waals surface area contributed by atoms with Gasteiger partial charge in [0.2, 0.25) is 0 Å². The molecule has 2 rings (SSSR count). The van der Waals surface area contributed by atoms with Gasteiger partial charge in [-0.15, -0.1) is 13.2 Å². The SMILES string of the molecule is O=C(O)CCC(=O)CN(C(=O)C1CCCCN1C(=O)OCc1cccc(Cl)c1)C(F)(F)F. The van der Waals surface area contributed by atoms with Crippen molar-refractivity contribution in [2.75, 3.05) is 13.1 Å². The average Bonchev–Trinajstić information content (AvgIpc) is 2.73. The van der Waals surface area contributed by atoms with Gasteiger partial charge in [-0.1, -0.05) is 23.7 Å². The van der Waals surface area contributed by atoms with Crippen molar-refractivity contribution >= 4 is 35.4 Å². The van der Waals surface area contributed by atoms with Gasteiger partial charge >= 0.3 is 18.4 Å². The van der Waals surface area contributed by atoms with Gasteiger partial charge in [0.15, 0.2) is 5.78 Å². The Hall–Kier alpha value is -2.82. The molecule has 1 unspecified atom stereocenters. The molecule has 1 heterocycles. The number of aliphatic carboxylic acids is 1. The van der Waals surface area contributed by atoms with E-state index >= 15 is 0 Å². The second-order valence-electron chi connectivity index (χ2n) is 7.21. The summed E-state index contributed by atoms with van der Waals surface area (Å²) in [6.45, 7) is -1.49. The summed E-state index contributed by atoms with van der Waals surface area (Å²) in [5.74, 6) is -3.85. The van der Waals surface area contributed by atoms with Gasteiger partial charge in [-0.05, 0) is 37.0 Å². The third-order valence-electron chi connectivity index (χ3n) is 4.80. The van der Waals surface area contributed by atoms with Crippen LogP contribution in [-0.4, -0.2) is 64.1 Å². The molecular weight excluding hydrogens is 457 g/mol. The van der Waals surface area contributed by atoms with Gasteiger partial charge in [0.25, 0.3) is 5.91 Å². The monoisotopic (exact) mass is 478 g/mol. The number of rotatable bonds is 8. The van der Waals surface area contributed by atoms with Gasteiger partial charge in [0.05, 0.1) is 13.0 Å². The first-order chi connectivity index (χ1) is 15.0. The predicted molar refractivity (Wildman–Crippen MR) is 106 cm³/mol. The highest BCUT2D eigenvalue weighted by molar-refractivity contribution is 6.30. The highest BCUT2D eigenvalue weighted by atomic mass is 35.5. The van der Waals surface area contributed by atoms with Crippen molar-refractivity contribution in [2.24, 2.45) is 0 Å². The third kappa shape index (κ3) is 7.40. The molecule has 1 fully saturated rings. The van der Waals surface area contributed by atoms with Crippen molar-refractivity contribution in [3.05, 3.63) is 34.9 Å². The molecule has 0 saturated carbocycles. The second kappa shape index (κ2) is 11.2. The molecule has 1 atom stereocenters. The average molecular weight is 479 g/mol. The molecule has 0 spiro atoms. The van der Waals surface area contributed by atoms with Gasteiger partial charge in [-0.25, -0.2) is 9.69 Å². The highest BCUT2D eigenvalue weighted by Crippen LogP contribution is 2.27. The molecular formula is C20H22ClF3N2O6. The lowest BCUT2D eigenvalue weighted by molar-refractivity contribution is -0.242. The van der Waals surface area contributed by atoms with E-state index in [-0.39, 0.29) is 19.6 Å². The van der Waals surface area contributed by atoms with Gasteiger partial charge in [0, 0.05) is 18.0 Å². The summed E-state index contributed by atoms with van der Waals surface area (Å²) in [6, 6.07) is 5.01. The van der Waals surface area contributed by atoms with Gasteiger partial charge in [-0.3, -0.25) is 19.3 Å². The van der Waals surface area contributed by atoms with E-state index in [0.29, 0.717) is 23.4 Å². The molecule has 8 nitrogen and oxygen atoms in total. The molecule has 0 aliphatic carbocycles. The summed E-state index contributed by atoms with van der Waals surface area (Å²) < 4.78 is 45.7. The molecule has 0 bridgehead atoms. The van der Waals surface area contributed by atoms with E-state index in [2.05, 4.69) is 0 Å². The van der Waals surface area contributed by atoms with Crippen LogP contribution in [0, 0.1) is 0 Å². The quantitative estimate of drug-likeness (QED) is 0.572. The van der Waals surface area contributed by atoms with E-state index in [9.17, 15) is 32.3 Å². The molecule has 2 amide bonds. The Bertz CT molecular complexity index is 864. The lowest BCUT2D eigenvalue weighted by Crippen LogP contribution is -2.57. The molecule has 0 aromatic heterocycles. The Morgan fingerprint density at radius 1 is 1.19 bits per heavy atom. The second-order valence-corrected chi connectivity index (χ2v) is 7.65. The van der Waals surface area contributed by atoms with Crippen molar-refractivity contribution in [1.29, 1.82) is 0 Å². The minimum atomic E-state index is -5.18. The number of carbonyl (C=O) groups is 4. The maximum absolute atomic E-state index is 13.5. The van der Waals surface area contributed by atoms with E-state index in [1.165, 1.54) is 0 Å². The summed E-state index contributed by atoms with van der Waals surface area (Å²) >= 11 is 5.86. The third-order valence-corrected chi connectivity index (χ3v) is 5.03. The Kier molecular flexibility index (Phi) is 8.88. The van der Waals surface area contributed by atoms with Crippen LogP contribution in [0.1, 0.15) is 37.7 Å². The molecule has 1 aromatic carbocycles. The number of halogens is 4. The van der Waals surface area contributed by atoms with Gasteiger partial charge in [-0.2, -0.15) is 0 Å². The van der Waals surface area contributed by atoms with Crippen molar-refractivity contribution < 1.29 is 42.2 Å². The largest absolute Gasteiger partial charge is 0.487 e. The molecule has 1 N–H and O–H groups in total. The van der Waals surface area contributed by atoms with Crippen LogP contribution in [0.3, 0.4) is 0 Å². The highest BCUT2D eigenvalue weighted by Gasteiger charge is 2.47. The Balaban J connectivity index is 2.11. The number of alkyl halides is 3. The summed E-state index contributed by atoms with van der Waals surface area (Å²) in [4.78, 5) is 48.0. The Labute approximate surface area is 186 Å². The number of carboxylic acid groups (broad SMARTS) is 1. The van der Waals surface area contributed by atoms with Crippen LogP contribution in [0.4, 0.5) is 18.0 Å². The maximum atomic E-state index is 13.5. The van der Waals surface area contributed by atoms with Crippen LogP contribution >= 0.6 is 11.6 Å². The fourth-order valence-corrected chi connectivity index (χ4v) is 3.45. The van der Waals surface area contributed by atoms with Crippen LogP contribution in [0.5, 0.6) is 0 Å². The smallest absolute Gasteiger partial charge is 0.481 e.